The van der Waals surface area contributed by atoms with E-state index in [1.54, 1.807) is 12.4 Å². The monoisotopic (exact) mass is 282 g/mol. The minimum absolute atomic E-state index is 0.292. The van der Waals surface area contributed by atoms with Gasteiger partial charge in [-0.05, 0) is 18.9 Å². The molecular formula is C14H19ClN2O2. The van der Waals surface area contributed by atoms with Crippen LogP contribution < -0.4 is 4.90 Å². The summed E-state index contributed by atoms with van der Waals surface area (Å²) in [4.78, 5) is 6.29. The molecule has 0 unspecified atom stereocenters. The highest BCUT2D eigenvalue weighted by molar-refractivity contribution is 6.33. The number of aromatic nitrogens is 1. The highest BCUT2D eigenvalue weighted by Gasteiger charge is 2.41. The number of hydrogen-bond acceptors (Lipinski definition) is 4. The Balaban J connectivity index is 1.66. The molecule has 1 saturated carbocycles. The Morgan fingerprint density at radius 3 is 2.63 bits per heavy atom. The van der Waals surface area contributed by atoms with Gasteiger partial charge in [0.1, 0.15) is 0 Å². The third kappa shape index (κ3) is 2.57. The molecule has 1 aromatic heterocycles. The normalized spacial score (nSPS) is 22.8. The van der Waals surface area contributed by atoms with Crippen molar-refractivity contribution < 1.29 is 9.47 Å². The van der Waals surface area contributed by atoms with E-state index in [4.69, 9.17) is 21.1 Å². The molecule has 1 saturated heterocycles. The van der Waals surface area contributed by atoms with E-state index >= 15 is 0 Å². The van der Waals surface area contributed by atoms with Crippen LogP contribution in [0.1, 0.15) is 25.7 Å². The average molecular weight is 283 g/mol. The first-order valence-corrected chi connectivity index (χ1v) is 7.18. The van der Waals surface area contributed by atoms with Crippen molar-refractivity contribution in [3.05, 3.63) is 23.5 Å². The lowest BCUT2D eigenvalue weighted by Crippen LogP contribution is -2.43. The summed E-state index contributed by atoms with van der Waals surface area (Å²) in [7, 11) is 2.10. The van der Waals surface area contributed by atoms with Crippen LogP contribution in [0.15, 0.2) is 18.5 Å². The molecule has 104 valence electrons. The number of hydrogen-bond donors (Lipinski definition) is 0. The second-order valence-corrected chi connectivity index (χ2v) is 5.68. The summed E-state index contributed by atoms with van der Waals surface area (Å²) >= 11 is 6.21. The molecule has 1 aliphatic heterocycles. The summed E-state index contributed by atoms with van der Waals surface area (Å²) in [6, 6.07) is 2.45. The van der Waals surface area contributed by atoms with E-state index in [1.165, 1.54) is 0 Å². The SMILES string of the molecule is CN(c1ccncc1Cl)C1CCC2(CC1)OCCO2. The molecule has 0 radical (unpaired) electrons. The molecule has 0 N–H and O–H groups in total. The molecule has 0 aromatic carbocycles. The van der Waals surface area contributed by atoms with E-state index in [-0.39, 0.29) is 5.79 Å². The Bertz CT molecular complexity index is 439. The standard InChI is InChI=1S/C14H19ClN2O2/c1-17(13-4-7-16-10-12(13)15)11-2-5-14(6-3-11)18-8-9-19-14/h4,7,10-11H,2-3,5-6,8-9H2,1H3. The van der Waals surface area contributed by atoms with Gasteiger partial charge in [0.25, 0.3) is 0 Å². The average Bonchev–Trinajstić information content (AvgIpc) is 2.88. The number of halogens is 1. The van der Waals surface area contributed by atoms with Crippen molar-refractivity contribution in [2.75, 3.05) is 25.2 Å². The van der Waals surface area contributed by atoms with Gasteiger partial charge in [-0.3, -0.25) is 4.98 Å². The lowest BCUT2D eigenvalue weighted by Gasteiger charge is -2.40. The summed E-state index contributed by atoms with van der Waals surface area (Å²) in [5.74, 6) is -0.292. The van der Waals surface area contributed by atoms with Gasteiger partial charge in [0, 0.05) is 38.3 Å². The zero-order valence-corrected chi connectivity index (χ0v) is 11.9. The predicted octanol–water partition coefficient (Wildman–Crippen LogP) is 2.86. The van der Waals surface area contributed by atoms with Crippen molar-refractivity contribution >= 4 is 17.3 Å². The van der Waals surface area contributed by atoms with E-state index in [9.17, 15) is 0 Å². The van der Waals surface area contributed by atoms with Crippen molar-refractivity contribution in [2.24, 2.45) is 0 Å². The Labute approximate surface area is 118 Å². The summed E-state index contributed by atoms with van der Waals surface area (Å²) < 4.78 is 11.5. The molecule has 2 aliphatic rings. The summed E-state index contributed by atoms with van der Waals surface area (Å²) in [6.07, 6.45) is 7.53. The van der Waals surface area contributed by atoms with Gasteiger partial charge >= 0.3 is 0 Å². The maximum absolute atomic E-state index is 6.21. The zero-order valence-electron chi connectivity index (χ0n) is 11.1. The maximum atomic E-state index is 6.21. The largest absolute Gasteiger partial charge is 0.370 e. The molecule has 1 spiro atoms. The van der Waals surface area contributed by atoms with E-state index in [0.717, 1.165) is 44.6 Å². The fourth-order valence-electron chi connectivity index (χ4n) is 3.07. The van der Waals surface area contributed by atoms with Crippen molar-refractivity contribution in [1.29, 1.82) is 0 Å². The first-order valence-electron chi connectivity index (χ1n) is 6.80. The van der Waals surface area contributed by atoms with E-state index in [0.29, 0.717) is 11.1 Å². The predicted molar refractivity (Wildman–Crippen MR) is 74.5 cm³/mol. The van der Waals surface area contributed by atoms with Gasteiger partial charge in [-0.2, -0.15) is 0 Å². The fraction of sp³-hybridized carbons (Fsp3) is 0.643. The van der Waals surface area contributed by atoms with Gasteiger partial charge in [-0.25, -0.2) is 0 Å². The highest BCUT2D eigenvalue weighted by atomic mass is 35.5. The number of rotatable bonds is 2. The molecule has 1 aliphatic carbocycles. The van der Waals surface area contributed by atoms with Crippen molar-refractivity contribution in [3.63, 3.8) is 0 Å². The van der Waals surface area contributed by atoms with Crippen LogP contribution in [0.25, 0.3) is 0 Å². The Hall–Kier alpha value is -0.840. The molecular weight excluding hydrogens is 264 g/mol. The molecule has 0 bridgehead atoms. The molecule has 2 heterocycles. The first-order chi connectivity index (χ1) is 9.20. The minimum atomic E-state index is -0.292. The zero-order chi connectivity index (χ0) is 13.3. The van der Waals surface area contributed by atoms with Gasteiger partial charge in [-0.1, -0.05) is 11.6 Å². The fourth-order valence-corrected chi connectivity index (χ4v) is 3.32. The topological polar surface area (TPSA) is 34.6 Å². The molecule has 0 atom stereocenters. The lowest BCUT2D eigenvalue weighted by molar-refractivity contribution is -0.178. The third-order valence-corrected chi connectivity index (χ3v) is 4.50. The number of anilines is 1. The van der Waals surface area contributed by atoms with Gasteiger partial charge in [-0.15, -0.1) is 0 Å². The van der Waals surface area contributed by atoms with E-state index in [2.05, 4.69) is 16.9 Å². The quantitative estimate of drug-likeness (QED) is 0.835. The van der Waals surface area contributed by atoms with Crippen LogP contribution in [0.3, 0.4) is 0 Å². The third-order valence-electron chi connectivity index (χ3n) is 4.21. The number of ether oxygens (including phenoxy) is 2. The molecule has 19 heavy (non-hydrogen) atoms. The number of pyridine rings is 1. The summed E-state index contributed by atoms with van der Waals surface area (Å²) in [5, 5.41) is 0.707. The van der Waals surface area contributed by atoms with Crippen molar-refractivity contribution in [1.82, 2.24) is 4.98 Å². The van der Waals surface area contributed by atoms with Gasteiger partial charge in [0.2, 0.25) is 0 Å². The van der Waals surface area contributed by atoms with Crippen LogP contribution in [-0.4, -0.2) is 37.1 Å². The Morgan fingerprint density at radius 1 is 1.32 bits per heavy atom. The molecule has 3 rings (SSSR count). The minimum Gasteiger partial charge on any atom is -0.370 e. The highest BCUT2D eigenvalue weighted by Crippen LogP contribution is 2.38. The van der Waals surface area contributed by atoms with E-state index in [1.807, 2.05) is 6.07 Å². The second kappa shape index (κ2) is 5.27. The van der Waals surface area contributed by atoms with Crippen LogP contribution in [-0.2, 0) is 9.47 Å². The van der Waals surface area contributed by atoms with Crippen LogP contribution >= 0.6 is 11.6 Å². The summed E-state index contributed by atoms with van der Waals surface area (Å²) in [6.45, 7) is 1.47. The molecule has 2 fully saturated rings. The van der Waals surface area contributed by atoms with E-state index < -0.39 is 0 Å². The maximum Gasteiger partial charge on any atom is 0.168 e. The smallest absolute Gasteiger partial charge is 0.168 e. The van der Waals surface area contributed by atoms with Crippen molar-refractivity contribution in [2.45, 2.75) is 37.5 Å². The van der Waals surface area contributed by atoms with Gasteiger partial charge in [0.05, 0.1) is 23.9 Å². The Morgan fingerprint density at radius 2 is 2.00 bits per heavy atom. The van der Waals surface area contributed by atoms with Gasteiger partial charge in [0.15, 0.2) is 5.79 Å². The lowest BCUT2D eigenvalue weighted by atomic mass is 9.89. The van der Waals surface area contributed by atoms with Crippen LogP contribution in [0.5, 0.6) is 0 Å². The molecule has 0 amide bonds. The first kappa shape index (κ1) is 13.2. The molecule has 5 heteroatoms. The van der Waals surface area contributed by atoms with Crippen LogP contribution in [0, 0.1) is 0 Å². The second-order valence-electron chi connectivity index (χ2n) is 5.28. The summed E-state index contributed by atoms with van der Waals surface area (Å²) in [5.41, 5.74) is 1.05. The van der Waals surface area contributed by atoms with Crippen molar-refractivity contribution in [3.8, 4) is 0 Å². The number of nitrogens with zero attached hydrogens (tertiary/aromatic N) is 2. The molecule has 1 aromatic rings. The Kier molecular flexibility index (Phi) is 3.65. The van der Waals surface area contributed by atoms with Crippen LogP contribution in [0.4, 0.5) is 5.69 Å². The molecule has 4 nitrogen and oxygen atoms in total. The van der Waals surface area contributed by atoms with Crippen LogP contribution in [0.2, 0.25) is 5.02 Å². The van der Waals surface area contributed by atoms with Gasteiger partial charge < -0.3 is 14.4 Å².